The third-order valence-electron chi connectivity index (χ3n) is 4.28. The van der Waals surface area contributed by atoms with Crippen molar-refractivity contribution in [1.29, 1.82) is 0 Å². The fraction of sp³-hybridized carbons (Fsp3) is 0.273. The molecule has 0 radical (unpaired) electrons. The fourth-order valence-electron chi connectivity index (χ4n) is 2.61. The number of nitrogens with one attached hydrogen (secondary N) is 3. The van der Waals surface area contributed by atoms with E-state index in [0.29, 0.717) is 0 Å². The van der Waals surface area contributed by atoms with E-state index in [1.165, 1.54) is 6.92 Å². The van der Waals surface area contributed by atoms with Crippen LogP contribution in [-0.4, -0.2) is 47.6 Å². The van der Waals surface area contributed by atoms with Crippen LogP contribution >= 0.6 is 0 Å². The third kappa shape index (κ3) is 8.57. The van der Waals surface area contributed by atoms with E-state index in [9.17, 15) is 19.2 Å². The van der Waals surface area contributed by atoms with Gasteiger partial charge in [-0.2, -0.15) is 0 Å². The van der Waals surface area contributed by atoms with Gasteiger partial charge in [-0.25, -0.2) is 4.79 Å². The molecule has 0 spiro atoms. The van der Waals surface area contributed by atoms with E-state index < -0.39 is 42.5 Å². The molecule has 0 aliphatic heterocycles. The second kappa shape index (κ2) is 12.0. The number of carboxylic acids is 1. The number of aliphatic carboxylic acids is 1. The Kier molecular flexibility index (Phi) is 9.03. The van der Waals surface area contributed by atoms with Crippen LogP contribution in [0.2, 0.25) is 0 Å². The van der Waals surface area contributed by atoms with Gasteiger partial charge in [-0.05, 0) is 18.1 Å². The van der Waals surface area contributed by atoms with Crippen LogP contribution < -0.4 is 16.0 Å². The summed E-state index contributed by atoms with van der Waals surface area (Å²) in [4.78, 5) is 47.5. The van der Waals surface area contributed by atoms with Gasteiger partial charge in [-0.1, -0.05) is 60.7 Å². The first-order valence-electron chi connectivity index (χ1n) is 9.66. The number of amides is 3. The number of carbonyl (C=O) groups excluding carboxylic acids is 3. The predicted octanol–water partition coefficient (Wildman–Crippen LogP) is 1.23. The van der Waals surface area contributed by atoms with Gasteiger partial charge >= 0.3 is 12.1 Å². The van der Waals surface area contributed by atoms with Gasteiger partial charge in [-0.3, -0.25) is 14.4 Å². The zero-order valence-electron chi connectivity index (χ0n) is 17.0. The standard InChI is InChI=1S/C22H25N3O6/c1-15(21(28)29)24-19(26)13-23-20(27)18(12-16-8-4-2-5-9-16)25-22(30)31-14-17-10-6-3-7-11-17/h2-11,15,18H,12-14H2,1H3,(H,23,27)(H,24,26)(H,25,30)(H,28,29)/t15-,18-/m0/s1. The average Bonchev–Trinajstić information content (AvgIpc) is 2.77. The van der Waals surface area contributed by atoms with Crippen LogP contribution in [-0.2, 0) is 32.1 Å². The lowest BCUT2D eigenvalue weighted by atomic mass is 10.1. The first-order chi connectivity index (χ1) is 14.8. The molecule has 4 N–H and O–H groups in total. The normalized spacial score (nSPS) is 12.2. The highest BCUT2D eigenvalue weighted by molar-refractivity contribution is 5.90. The van der Waals surface area contributed by atoms with Gasteiger partial charge in [0.2, 0.25) is 11.8 Å². The summed E-state index contributed by atoms with van der Waals surface area (Å²) >= 11 is 0. The molecule has 2 atom stereocenters. The number of ether oxygens (including phenoxy) is 1. The van der Waals surface area contributed by atoms with E-state index in [1.54, 1.807) is 36.4 Å². The lowest BCUT2D eigenvalue weighted by molar-refractivity contribution is -0.141. The van der Waals surface area contributed by atoms with Crippen LogP contribution in [0, 0.1) is 0 Å². The molecule has 0 unspecified atom stereocenters. The molecular formula is C22H25N3O6. The predicted molar refractivity (Wildman–Crippen MR) is 112 cm³/mol. The highest BCUT2D eigenvalue weighted by Gasteiger charge is 2.23. The van der Waals surface area contributed by atoms with E-state index in [2.05, 4.69) is 16.0 Å². The minimum absolute atomic E-state index is 0.0435. The summed E-state index contributed by atoms with van der Waals surface area (Å²) in [6.07, 6.45) is -0.593. The minimum Gasteiger partial charge on any atom is -0.480 e. The number of rotatable bonds is 10. The molecule has 0 aliphatic rings. The number of hydrogen-bond donors (Lipinski definition) is 4. The summed E-state index contributed by atoms with van der Waals surface area (Å²) in [6.45, 7) is 0.925. The summed E-state index contributed by atoms with van der Waals surface area (Å²) in [7, 11) is 0. The zero-order chi connectivity index (χ0) is 22.6. The summed E-state index contributed by atoms with van der Waals surface area (Å²) in [5.74, 6) is -2.45. The van der Waals surface area contributed by atoms with Gasteiger partial charge in [0, 0.05) is 6.42 Å². The zero-order valence-corrected chi connectivity index (χ0v) is 17.0. The molecule has 0 fully saturated rings. The molecule has 0 bridgehead atoms. The van der Waals surface area contributed by atoms with Crippen LogP contribution in [0.4, 0.5) is 4.79 Å². The smallest absolute Gasteiger partial charge is 0.408 e. The van der Waals surface area contributed by atoms with E-state index in [4.69, 9.17) is 9.84 Å². The Bertz CT molecular complexity index is 889. The highest BCUT2D eigenvalue weighted by atomic mass is 16.5. The molecule has 0 saturated heterocycles. The lowest BCUT2D eigenvalue weighted by Crippen LogP contribution is -2.51. The van der Waals surface area contributed by atoms with E-state index in [0.717, 1.165) is 11.1 Å². The van der Waals surface area contributed by atoms with Crippen molar-refractivity contribution in [3.63, 3.8) is 0 Å². The highest BCUT2D eigenvalue weighted by Crippen LogP contribution is 2.05. The number of alkyl carbamates (subject to hydrolysis) is 1. The van der Waals surface area contributed by atoms with Gasteiger partial charge in [0.05, 0.1) is 6.54 Å². The van der Waals surface area contributed by atoms with Crippen LogP contribution in [0.25, 0.3) is 0 Å². The Hall–Kier alpha value is -3.88. The van der Waals surface area contributed by atoms with E-state index >= 15 is 0 Å². The number of carbonyl (C=O) groups is 4. The van der Waals surface area contributed by atoms with Crippen LogP contribution in [0.15, 0.2) is 60.7 Å². The Labute approximate surface area is 179 Å². The molecular weight excluding hydrogens is 402 g/mol. The van der Waals surface area contributed by atoms with Crippen molar-refractivity contribution < 1.29 is 29.0 Å². The third-order valence-corrected chi connectivity index (χ3v) is 4.28. The second-order valence-electron chi connectivity index (χ2n) is 6.79. The van der Waals surface area contributed by atoms with Crippen molar-refractivity contribution in [1.82, 2.24) is 16.0 Å². The van der Waals surface area contributed by atoms with Crippen molar-refractivity contribution >= 4 is 23.9 Å². The lowest BCUT2D eigenvalue weighted by Gasteiger charge is -2.19. The SMILES string of the molecule is C[C@H](NC(=O)CNC(=O)[C@H](Cc1ccccc1)NC(=O)OCc1ccccc1)C(=O)O. The van der Waals surface area contributed by atoms with Crippen molar-refractivity contribution in [2.24, 2.45) is 0 Å². The summed E-state index contributed by atoms with van der Waals surface area (Å²) in [5.41, 5.74) is 1.60. The van der Waals surface area contributed by atoms with Gasteiger partial charge in [-0.15, -0.1) is 0 Å². The minimum atomic E-state index is -1.19. The first-order valence-corrected chi connectivity index (χ1v) is 9.66. The number of benzene rings is 2. The molecule has 9 heteroatoms. The molecule has 0 heterocycles. The summed E-state index contributed by atoms with van der Waals surface area (Å²) < 4.78 is 5.18. The topological polar surface area (TPSA) is 134 Å². The Morgan fingerprint density at radius 1 is 0.903 bits per heavy atom. The molecule has 2 aromatic carbocycles. The number of carboxylic acid groups (broad SMARTS) is 1. The second-order valence-corrected chi connectivity index (χ2v) is 6.79. The fourth-order valence-corrected chi connectivity index (χ4v) is 2.61. The maximum atomic E-state index is 12.6. The Balaban J connectivity index is 1.95. The van der Waals surface area contributed by atoms with Gasteiger partial charge in [0.15, 0.2) is 0 Å². The van der Waals surface area contributed by atoms with Crippen LogP contribution in [0.3, 0.4) is 0 Å². The van der Waals surface area contributed by atoms with Crippen LogP contribution in [0.5, 0.6) is 0 Å². The van der Waals surface area contributed by atoms with Crippen molar-refractivity contribution in [3.05, 3.63) is 71.8 Å². The van der Waals surface area contributed by atoms with Gasteiger partial charge in [0.1, 0.15) is 18.7 Å². The molecule has 2 aromatic rings. The molecule has 2 rings (SSSR count). The van der Waals surface area contributed by atoms with E-state index in [1.807, 2.05) is 24.3 Å². The number of hydrogen-bond acceptors (Lipinski definition) is 5. The monoisotopic (exact) mass is 427 g/mol. The van der Waals surface area contributed by atoms with Gasteiger partial charge < -0.3 is 25.8 Å². The van der Waals surface area contributed by atoms with Crippen molar-refractivity contribution in [3.8, 4) is 0 Å². The summed E-state index contributed by atoms with van der Waals surface area (Å²) in [5, 5.41) is 16.0. The molecule has 31 heavy (non-hydrogen) atoms. The molecule has 164 valence electrons. The molecule has 0 aromatic heterocycles. The molecule has 9 nitrogen and oxygen atoms in total. The molecule has 0 aliphatic carbocycles. The van der Waals surface area contributed by atoms with E-state index in [-0.39, 0.29) is 13.0 Å². The largest absolute Gasteiger partial charge is 0.480 e. The first kappa shape index (κ1) is 23.4. The van der Waals surface area contributed by atoms with Gasteiger partial charge in [0.25, 0.3) is 0 Å². The molecule has 3 amide bonds. The Morgan fingerprint density at radius 3 is 2.06 bits per heavy atom. The average molecular weight is 427 g/mol. The quantitative estimate of drug-likeness (QED) is 0.451. The molecule has 0 saturated carbocycles. The van der Waals surface area contributed by atoms with Crippen LogP contribution in [0.1, 0.15) is 18.1 Å². The maximum Gasteiger partial charge on any atom is 0.408 e. The Morgan fingerprint density at radius 2 is 1.48 bits per heavy atom. The van der Waals surface area contributed by atoms with Crippen molar-refractivity contribution in [2.45, 2.75) is 32.0 Å². The summed E-state index contributed by atoms with van der Waals surface area (Å²) in [6, 6.07) is 16.1. The van der Waals surface area contributed by atoms with Crippen molar-refractivity contribution in [2.75, 3.05) is 6.54 Å². The maximum absolute atomic E-state index is 12.6.